The molecule has 41 heavy (non-hydrogen) atoms. The Labute approximate surface area is 240 Å². The molecule has 6 nitrogen and oxygen atoms in total. The molecule has 0 aliphatic rings. The summed E-state index contributed by atoms with van der Waals surface area (Å²) in [5.41, 5.74) is 8.77. The predicted molar refractivity (Wildman–Crippen MR) is 169 cm³/mol. The number of aromatic amines is 2. The molecule has 0 unspecified atom stereocenters. The molecule has 0 saturated carbocycles. The highest BCUT2D eigenvalue weighted by atomic mass is 19.1. The van der Waals surface area contributed by atoms with Gasteiger partial charge in [-0.15, -0.1) is 0 Å². The van der Waals surface area contributed by atoms with Gasteiger partial charge in [-0.25, -0.2) is 9.37 Å². The Morgan fingerprint density at radius 2 is 1.85 bits per heavy atom. The van der Waals surface area contributed by atoms with Gasteiger partial charge in [0.25, 0.3) is 0 Å². The maximum Gasteiger partial charge on any atom is 0.159 e. The maximum atomic E-state index is 13.5. The standard InChI is InChI=1S/C32H31FN6.C2H6/c1-5-8-9-20(4)35-25(7-3)16-21(6-2)23-12-15-28-26(17-23)31(39-38-28)32-36-29-19-34-18-27(30(29)37-32)22-10-13-24(33)14-11-22;1-2/h6-7,10-19,35H,3-5,8-9H2,1-2H3,(H,36,37)(H,38,39);1-2H3/b21-6+,25-16+;. The molecule has 0 amide bonds. The van der Waals surface area contributed by atoms with E-state index in [4.69, 9.17) is 4.98 Å². The van der Waals surface area contributed by atoms with E-state index in [1.54, 1.807) is 24.5 Å². The van der Waals surface area contributed by atoms with E-state index in [0.717, 1.165) is 74.9 Å². The number of imidazole rings is 1. The van der Waals surface area contributed by atoms with Gasteiger partial charge in [0.15, 0.2) is 5.82 Å². The summed E-state index contributed by atoms with van der Waals surface area (Å²) >= 11 is 0. The number of hydrogen-bond donors (Lipinski definition) is 3. The average Bonchev–Trinajstić information content (AvgIpc) is 3.63. The van der Waals surface area contributed by atoms with Crippen LogP contribution in [0.2, 0.25) is 0 Å². The molecule has 5 rings (SSSR count). The molecule has 0 aliphatic carbocycles. The van der Waals surface area contributed by atoms with Crippen molar-refractivity contribution in [2.45, 2.75) is 47.0 Å². The van der Waals surface area contributed by atoms with Gasteiger partial charge >= 0.3 is 0 Å². The number of nitrogens with zero attached hydrogens (tertiary/aromatic N) is 3. The molecule has 210 valence electrons. The van der Waals surface area contributed by atoms with Crippen molar-refractivity contribution in [3.05, 3.63) is 109 Å². The highest BCUT2D eigenvalue weighted by Gasteiger charge is 2.16. The van der Waals surface area contributed by atoms with Gasteiger partial charge in [0.05, 0.1) is 22.7 Å². The van der Waals surface area contributed by atoms with E-state index in [1.165, 1.54) is 12.1 Å². The molecule has 3 aromatic heterocycles. The highest BCUT2D eigenvalue weighted by Crippen LogP contribution is 2.32. The van der Waals surface area contributed by atoms with Gasteiger partial charge in [0.2, 0.25) is 0 Å². The van der Waals surface area contributed by atoms with E-state index in [1.807, 2.05) is 32.9 Å². The molecule has 0 saturated heterocycles. The quantitative estimate of drug-likeness (QED) is 0.152. The Balaban J connectivity index is 0.00000189. The maximum absolute atomic E-state index is 13.5. The van der Waals surface area contributed by atoms with Crippen LogP contribution in [-0.2, 0) is 0 Å². The van der Waals surface area contributed by atoms with Crippen LogP contribution in [-0.4, -0.2) is 25.1 Å². The van der Waals surface area contributed by atoms with Gasteiger partial charge in [0, 0.05) is 28.5 Å². The molecule has 7 heteroatoms. The topological polar surface area (TPSA) is 82.3 Å². The number of H-pyrrole nitrogens is 2. The highest BCUT2D eigenvalue weighted by molar-refractivity contribution is 5.98. The van der Waals surface area contributed by atoms with Gasteiger partial charge in [0.1, 0.15) is 11.5 Å². The summed E-state index contributed by atoms with van der Waals surface area (Å²) < 4.78 is 13.5. The van der Waals surface area contributed by atoms with Crippen molar-refractivity contribution in [3.63, 3.8) is 0 Å². The van der Waals surface area contributed by atoms with Crippen molar-refractivity contribution < 1.29 is 4.39 Å². The summed E-state index contributed by atoms with van der Waals surface area (Å²) in [5, 5.41) is 12.0. The van der Waals surface area contributed by atoms with Crippen LogP contribution in [0.1, 0.15) is 52.5 Å². The van der Waals surface area contributed by atoms with E-state index in [-0.39, 0.29) is 5.82 Å². The van der Waals surface area contributed by atoms with E-state index >= 15 is 0 Å². The first-order valence-corrected chi connectivity index (χ1v) is 14.0. The predicted octanol–water partition coefficient (Wildman–Crippen LogP) is 9.10. The third-order valence-electron chi connectivity index (χ3n) is 6.67. The lowest BCUT2D eigenvalue weighted by atomic mass is 10.0. The van der Waals surface area contributed by atoms with Crippen molar-refractivity contribution in [1.82, 2.24) is 30.5 Å². The number of aromatic nitrogens is 5. The number of halogens is 1. The van der Waals surface area contributed by atoms with E-state index in [0.29, 0.717) is 11.5 Å². The normalized spacial score (nSPS) is 11.8. The number of unbranched alkanes of at least 4 members (excludes halogenated alkanes) is 1. The number of pyridine rings is 1. The van der Waals surface area contributed by atoms with Crippen LogP contribution in [0.5, 0.6) is 0 Å². The zero-order valence-corrected chi connectivity index (χ0v) is 24.2. The Morgan fingerprint density at radius 1 is 1.07 bits per heavy atom. The van der Waals surface area contributed by atoms with Crippen LogP contribution >= 0.6 is 0 Å². The molecule has 0 atom stereocenters. The molecule has 0 spiro atoms. The molecule has 0 fully saturated rings. The summed E-state index contributed by atoms with van der Waals surface area (Å²) in [6, 6.07) is 12.5. The summed E-state index contributed by atoms with van der Waals surface area (Å²) in [6.45, 7) is 16.3. The number of nitrogens with one attached hydrogen (secondary N) is 3. The summed E-state index contributed by atoms with van der Waals surface area (Å²) in [5.74, 6) is 0.344. The molecule has 5 aromatic rings. The van der Waals surface area contributed by atoms with Crippen LogP contribution in [0.4, 0.5) is 4.39 Å². The Bertz CT molecular complexity index is 1720. The second-order valence-corrected chi connectivity index (χ2v) is 9.39. The minimum absolute atomic E-state index is 0.284. The fourth-order valence-corrected chi connectivity index (χ4v) is 4.56. The lowest BCUT2D eigenvalue weighted by molar-refractivity contribution is 0.628. The minimum atomic E-state index is -0.284. The zero-order valence-electron chi connectivity index (χ0n) is 24.2. The van der Waals surface area contributed by atoms with Crippen molar-refractivity contribution in [1.29, 1.82) is 0 Å². The third kappa shape index (κ3) is 6.52. The summed E-state index contributed by atoms with van der Waals surface area (Å²) in [6.07, 6.45) is 12.6. The Morgan fingerprint density at radius 3 is 2.56 bits per heavy atom. The molecule has 0 bridgehead atoms. The van der Waals surface area contributed by atoms with Crippen LogP contribution in [0.15, 0.2) is 97.6 Å². The fraction of sp³-hybridized carbons (Fsp3) is 0.206. The minimum Gasteiger partial charge on any atom is -0.359 e. The van der Waals surface area contributed by atoms with Crippen molar-refractivity contribution in [2.24, 2.45) is 0 Å². The summed E-state index contributed by atoms with van der Waals surface area (Å²) in [7, 11) is 0. The molecule has 3 N–H and O–H groups in total. The van der Waals surface area contributed by atoms with Gasteiger partial charge in [-0.3, -0.25) is 10.1 Å². The average molecular weight is 549 g/mol. The third-order valence-corrected chi connectivity index (χ3v) is 6.67. The van der Waals surface area contributed by atoms with Crippen molar-refractivity contribution >= 4 is 27.5 Å². The smallest absolute Gasteiger partial charge is 0.159 e. The first kappa shape index (κ1) is 29.2. The van der Waals surface area contributed by atoms with Crippen LogP contribution in [0.25, 0.3) is 50.2 Å². The number of hydrogen-bond acceptors (Lipinski definition) is 4. The molecular weight excluding hydrogens is 511 g/mol. The molecule has 2 aromatic carbocycles. The lowest BCUT2D eigenvalue weighted by Crippen LogP contribution is -2.10. The second-order valence-electron chi connectivity index (χ2n) is 9.39. The van der Waals surface area contributed by atoms with E-state index < -0.39 is 0 Å². The van der Waals surface area contributed by atoms with Gasteiger partial charge < -0.3 is 10.3 Å². The Hall–Kier alpha value is -4.78. The molecule has 0 radical (unpaired) electrons. The van der Waals surface area contributed by atoms with E-state index in [9.17, 15) is 4.39 Å². The van der Waals surface area contributed by atoms with Crippen molar-refractivity contribution in [2.75, 3.05) is 0 Å². The SMILES string of the molecule is C=C/C(=C\C(=C/C)c1ccc2[nH]nc(-c3nc4c(-c5ccc(F)cc5)cncc4[nH]3)c2c1)NC(=C)CCCC.CC. The van der Waals surface area contributed by atoms with Gasteiger partial charge in [-0.2, -0.15) is 5.10 Å². The first-order chi connectivity index (χ1) is 20.0. The number of benzene rings is 2. The van der Waals surface area contributed by atoms with Crippen LogP contribution in [0, 0.1) is 5.82 Å². The van der Waals surface area contributed by atoms with E-state index in [2.05, 4.69) is 69.8 Å². The van der Waals surface area contributed by atoms with Crippen LogP contribution in [0.3, 0.4) is 0 Å². The zero-order chi connectivity index (χ0) is 29.4. The monoisotopic (exact) mass is 548 g/mol. The fourth-order valence-electron chi connectivity index (χ4n) is 4.56. The van der Waals surface area contributed by atoms with Gasteiger partial charge in [-0.1, -0.05) is 64.6 Å². The Kier molecular flexibility index (Phi) is 9.64. The lowest BCUT2D eigenvalue weighted by Gasteiger charge is -2.11. The second kappa shape index (κ2) is 13.5. The van der Waals surface area contributed by atoms with Crippen molar-refractivity contribution in [3.8, 4) is 22.6 Å². The number of fused-ring (bicyclic) bond motifs is 2. The molecule has 0 aliphatic heterocycles. The molecule has 3 heterocycles. The number of rotatable bonds is 10. The largest absolute Gasteiger partial charge is 0.359 e. The van der Waals surface area contributed by atoms with Gasteiger partial charge in [-0.05, 0) is 72.9 Å². The number of allylic oxidation sites excluding steroid dienone is 5. The molecular formula is C34H37FN6. The first-order valence-electron chi connectivity index (χ1n) is 14.0. The summed E-state index contributed by atoms with van der Waals surface area (Å²) in [4.78, 5) is 12.6. The van der Waals surface area contributed by atoms with Crippen LogP contribution < -0.4 is 5.32 Å².